The fourth-order valence-corrected chi connectivity index (χ4v) is 1.59. The quantitative estimate of drug-likeness (QED) is 0.862. The van der Waals surface area contributed by atoms with E-state index in [1.54, 1.807) is 24.4 Å². The van der Waals surface area contributed by atoms with Gasteiger partial charge in [-0.15, -0.1) is 0 Å². The SMILES string of the molecule is CCn1cc(NC(=O)c2ccc(N)cn2)ccc1=O. The Morgan fingerprint density at radius 1 is 1.37 bits per heavy atom. The van der Waals surface area contributed by atoms with Crippen LogP contribution in [0.1, 0.15) is 17.4 Å². The summed E-state index contributed by atoms with van der Waals surface area (Å²) in [6.45, 7) is 2.40. The maximum atomic E-state index is 11.9. The minimum absolute atomic E-state index is 0.105. The van der Waals surface area contributed by atoms with Crippen molar-refractivity contribution in [3.05, 3.63) is 52.7 Å². The molecule has 0 aliphatic carbocycles. The number of hydrogen-bond donors (Lipinski definition) is 2. The van der Waals surface area contributed by atoms with Crippen LogP contribution in [0.3, 0.4) is 0 Å². The Morgan fingerprint density at radius 3 is 2.79 bits per heavy atom. The molecule has 0 unspecified atom stereocenters. The highest BCUT2D eigenvalue weighted by Crippen LogP contribution is 2.07. The molecular formula is C13H14N4O2. The lowest BCUT2D eigenvalue weighted by atomic mass is 10.3. The van der Waals surface area contributed by atoms with Crippen molar-refractivity contribution in [2.24, 2.45) is 0 Å². The number of anilines is 2. The van der Waals surface area contributed by atoms with E-state index in [0.29, 0.717) is 17.9 Å². The third-order valence-electron chi connectivity index (χ3n) is 2.60. The van der Waals surface area contributed by atoms with Gasteiger partial charge in [-0.25, -0.2) is 4.98 Å². The number of nitrogens with zero attached hydrogens (tertiary/aromatic N) is 2. The number of aryl methyl sites for hydroxylation is 1. The number of aromatic nitrogens is 2. The van der Waals surface area contributed by atoms with Crippen LogP contribution in [0.4, 0.5) is 11.4 Å². The van der Waals surface area contributed by atoms with E-state index in [0.717, 1.165) is 0 Å². The lowest BCUT2D eigenvalue weighted by molar-refractivity contribution is 0.102. The number of nitrogens with two attached hydrogens (primary N) is 1. The van der Waals surface area contributed by atoms with Crippen molar-refractivity contribution in [1.29, 1.82) is 0 Å². The van der Waals surface area contributed by atoms with Gasteiger partial charge in [0.15, 0.2) is 0 Å². The molecule has 3 N–H and O–H groups in total. The van der Waals surface area contributed by atoms with Gasteiger partial charge in [-0.3, -0.25) is 9.59 Å². The number of hydrogen-bond acceptors (Lipinski definition) is 4. The molecule has 19 heavy (non-hydrogen) atoms. The van der Waals surface area contributed by atoms with Crippen molar-refractivity contribution >= 4 is 17.3 Å². The molecule has 0 spiro atoms. The zero-order valence-electron chi connectivity index (χ0n) is 10.5. The molecule has 2 heterocycles. The molecule has 0 aliphatic heterocycles. The van der Waals surface area contributed by atoms with Crippen LogP contribution in [-0.4, -0.2) is 15.5 Å². The molecule has 2 aromatic rings. The number of nitrogens with one attached hydrogen (secondary N) is 1. The lowest BCUT2D eigenvalue weighted by Crippen LogP contribution is -2.20. The van der Waals surface area contributed by atoms with Gasteiger partial charge in [0.1, 0.15) is 5.69 Å². The van der Waals surface area contributed by atoms with Crippen molar-refractivity contribution in [2.75, 3.05) is 11.1 Å². The molecule has 0 atom stereocenters. The van der Waals surface area contributed by atoms with Crippen LogP contribution in [0.25, 0.3) is 0 Å². The van der Waals surface area contributed by atoms with Gasteiger partial charge in [-0.1, -0.05) is 0 Å². The first-order valence-electron chi connectivity index (χ1n) is 5.83. The second kappa shape index (κ2) is 5.34. The molecule has 2 rings (SSSR count). The molecular weight excluding hydrogens is 244 g/mol. The van der Waals surface area contributed by atoms with Crippen LogP contribution in [0.2, 0.25) is 0 Å². The first-order chi connectivity index (χ1) is 9.10. The van der Waals surface area contributed by atoms with E-state index >= 15 is 0 Å². The summed E-state index contributed by atoms with van der Waals surface area (Å²) >= 11 is 0. The van der Waals surface area contributed by atoms with Crippen molar-refractivity contribution < 1.29 is 4.79 Å². The molecule has 6 nitrogen and oxygen atoms in total. The van der Waals surface area contributed by atoms with Crippen molar-refractivity contribution in [3.63, 3.8) is 0 Å². The first kappa shape index (κ1) is 12.8. The van der Waals surface area contributed by atoms with Gasteiger partial charge in [0.2, 0.25) is 0 Å². The Hall–Kier alpha value is -2.63. The Labute approximate surface area is 109 Å². The van der Waals surface area contributed by atoms with Crippen molar-refractivity contribution in [1.82, 2.24) is 9.55 Å². The first-order valence-corrected chi connectivity index (χ1v) is 5.83. The van der Waals surface area contributed by atoms with Crippen LogP contribution in [0.15, 0.2) is 41.5 Å². The van der Waals surface area contributed by atoms with Crippen molar-refractivity contribution in [2.45, 2.75) is 13.5 Å². The Morgan fingerprint density at radius 2 is 2.16 bits per heavy atom. The van der Waals surface area contributed by atoms with E-state index < -0.39 is 0 Å². The van der Waals surface area contributed by atoms with E-state index in [4.69, 9.17) is 5.73 Å². The van der Waals surface area contributed by atoms with Crippen LogP contribution < -0.4 is 16.6 Å². The number of rotatable bonds is 3. The predicted octanol–water partition coefficient (Wildman–Crippen LogP) is 1.10. The molecule has 0 fully saturated rings. The lowest BCUT2D eigenvalue weighted by Gasteiger charge is -2.07. The fraction of sp³-hybridized carbons (Fsp3) is 0.154. The summed E-state index contributed by atoms with van der Waals surface area (Å²) in [4.78, 5) is 27.3. The summed E-state index contributed by atoms with van der Waals surface area (Å²) in [6, 6.07) is 6.12. The van der Waals surface area contributed by atoms with E-state index in [9.17, 15) is 9.59 Å². The summed E-state index contributed by atoms with van der Waals surface area (Å²) in [5.41, 5.74) is 6.71. The van der Waals surface area contributed by atoms with E-state index in [1.165, 1.54) is 16.8 Å². The van der Waals surface area contributed by atoms with Gasteiger partial charge >= 0.3 is 0 Å². The molecule has 1 amide bonds. The highest BCUT2D eigenvalue weighted by Gasteiger charge is 2.07. The zero-order valence-corrected chi connectivity index (χ0v) is 10.5. The largest absolute Gasteiger partial charge is 0.397 e. The zero-order chi connectivity index (χ0) is 13.8. The van der Waals surface area contributed by atoms with Gasteiger partial charge in [-0.2, -0.15) is 0 Å². The third kappa shape index (κ3) is 2.98. The summed E-state index contributed by atoms with van der Waals surface area (Å²) in [6.07, 6.45) is 3.01. The maximum absolute atomic E-state index is 11.9. The minimum atomic E-state index is -0.346. The monoisotopic (exact) mass is 258 g/mol. The summed E-state index contributed by atoms with van der Waals surface area (Å²) in [5.74, 6) is -0.346. The van der Waals surface area contributed by atoms with Gasteiger partial charge in [0.25, 0.3) is 11.5 Å². The Balaban J connectivity index is 2.19. The fourth-order valence-electron chi connectivity index (χ4n) is 1.59. The smallest absolute Gasteiger partial charge is 0.274 e. The molecule has 0 aliphatic rings. The molecule has 98 valence electrons. The summed E-state index contributed by atoms with van der Waals surface area (Å²) < 4.78 is 1.51. The molecule has 0 saturated carbocycles. The number of carbonyl (C=O) groups is 1. The van der Waals surface area contributed by atoms with Crippen LogP contribution in [0, 0.1) is 0 Å². The number of nitrogen functional groups attached to an aromatic ring is 1. The second-order valence-electron chi connectivity index (χ2n) is 3.97. The highest BCUT2D eigenvalue weighted by atomic mass is 16.2. The van der Waals surface area contributed by atoms with E-state index in [-0.39, 0.29) is 17.2 Å². The maximum Gasteiger partial charge on any atom is 0.274 e. The van der Waals surface area contributed by atoms with Crippen LogP contribution in [-0.2, 0) is 6.54 Å². The Kier molecular flexibility index (Phi) is 3.61. The highest BCUT2D eigenvalue weighted by molar-refractivity contribution is 6.02. The molecule has 0 aromatic carbocycles. The molecule has 6 heteroatoms. The second-order valence-corrected chi connectivity index (χ2v) is 3.97. The summed E-state index contributed by atoms with van der Waals surface area (Å²) in [7, 11) is 0. The number of carbonyl (C=O) groups excluding carboxylic acids is 1. The van der Waals surface area contributed by atoms with Gasteiger partial charge in [0.05, 0.1) is 17.6 Å². The minimum Gasteiger partial charge on any atom is -0.397 e. The average Bonchev–Trinajstić information content (AvgIpc) is 2.41. The Bertz CT molecular complexity index is 646. The van der Waals surface area contributed by atoms with E-state index in [2.05, 4.69) is 10.3 Å². The van der Waals surface area contributed by atoms with Gasteiger partial charge in [-0.05, 0) is 25.1 Å². The molecule has 0 radical (unpaired) electrons. The standard InChI is InChI=1S/C13H14N4O2/c1-2-17-8-10(4-6-12(17)18)16-13(19)11-5-3-9(14)7-15-11/h3-8H,2,14H2,1H3,(H,16,19). The van der Waals surface area contributed by atoms with E-state index in [1.807, 2.05) is 6.92 Å². The third-order valence-corrected chi connectivity index (χ3v) is 2.60. The number of amides is 1. The molecule has 2 aromatic heterocycles. The molecule has 0 saturated heterocycles. The van der Waals surface area contributed by atoms with Gasteiger partial charge < -0.3 is 15.6 Å². The number of pyridine rings is 2. The average molecular weight is 258 g/mol. The molecule has 0 bridgehead atoms. The van der Waals surface area contributed by atoms with Crippen molar-refractivity contribution in [3.8, 4) is 0 Å². The van der Waals surface area contributed by atoms with Crippen LogP contribution >= 0.6 is 0 Å². The summed E-state index contributed by atoms with van der Waals surface area (Å²) in [5, 5.41) is 2.68. The topological polar surface area (TPSA) is 90.0 Å². The normalized spacial score (nSPS) is 10.2. The van der Waals surface area contributed by atoms with Gasteiger partial charge in [0, 0.05) is 18.8 Å². The predicted molar refractivity (Wildman–Crippen MR) is 73.0 cm³/mol. The van der Waals surface area contributed by atoms with Crippen LogP contribution in [0.5, 0.6) is 0 Å².